The summed E-state index contributed by atoms with van der Waals surface area (Å²) >= 11 is 3.54. The number of ether oxygens (including phenoxy) is 4. The molecule has 0 radical (unpaired) electrons. The van der Waals surface area contributed by atoms with Crippen LogP contribution in [0.1, 0.15) is 175 Å². The molecule has 23 heteroatoms. The molecule has 21 nitrogen and oxygen atoms in total. The first-order chi connectivity index (χ1) is 38.4. The maximum atomic E-state index is 13.3. The van der Waals surface area contributed by atoms with Gasteiger partial charge in [0.25, 0.3) is 5.56 Å². The number of nitrogens with two attached hydrogens (primary N) is 1. The molecule has 4 heterocycles. The number of aliphatic hydroxyl groups excluding tert-OH is 1. The van der Waals surface area contributed by atoms with E-state index in [0.717, 1.165) is 30.6 Å². The Morgan fingerprint density at radius 1 is 0.683 bits per heavy atom. The van der Waals surface area contributed by atoms with Crippen LogP contribution in [0.4, 0.5) is 0 Å². The second-order valence-electron chi connectivity index (χ2n) is 24.1. The first-order valence-electron chi connectivity index (χ1n) is 29.7. The summed E-state index contributed by atoms with van der Waals surface area (Å²) in [6, 6.07) is 0.328. The SMILES string of the molecule is CCC(C)C(C)C(C)C(C)C(N)C(C)C(C)C(C)C.CCC(C)C(C)C(C)C(NC(=O)COC1CC(n2cc(C)c(=O)[nH]c2=O)OC1CO[N]=[V])C(C)C(C)C(C)CC.Cc1cn(C2CC(OCC(=O)O)C(CO)O2)c(=O)[nH]c1=O.[3HH].[NH]=[V]. The van der Waals surface area contributed by atoms with Crippen molar-refractivity contribution >= 4 is 11.9 Å². The van der Waals surface area contributed by atoms with E-state index >= 15 is 0 Å². The third-order valence-electron chi connectivity index (χ3n) is 19.1. The van der Waals surface area contributed by atoms with Crippen LogP contribution in [0.25, 0.3) is 0 Å². The minimum atomic E-state index is -1.13. The van der Waals surface area contributed by atoms with E-state index < -0.39 is 71.9 Å². The summed E-state index contributed by atoms with van der Waals surface area (Å²) in [6.45, 7) is 41.4. The van der Waals surface area contributed by atoms with Gasteiger partial charge in [-0.1, -0.05) is 123 Å². The number of rotatable bonds is 29. The van der Waals surface area contributed by atoms with Gasteiger partial charge in [-0.25, -0.2) is 9.59 Å². The Hall–Kier alpha value is -3.21. The van der Waals surface area contributed by atoms with Crippen LogP contribution < -0.4 is 33.5 Å². The molecule has 2 aliphatic rings. The Labute approximate surface area is 508 Å². The zero-order chi connectivity index (χ0) is 63.0. The fourth-order valence-corrected chi connectivity index (χ4v) is 11.1. The molecular formula is C59H108N8O13V2. The Morgan fingerprint density at radius 2 is 1.07 bits per heavy atom. The van der Waals surface area contributed by atoms with E-state index in [4.69, 9.17) is 38.8 Å². The number of hydrogen-bond acceptors (Lipinski definition) is 15. The van der Waals surface area contributed by atoms with Gasteiger partial charge < -0.3 is 25.4 Å². The fraction of sp³-hybridized carbons (Fsp3) is 0.831. The second-order valence-corrected chi connectivity index (χ2v) is 24.4. The van der Waals surface area contributed by atoms with Crippen LogP contribution in [-0.4, -0.2) is 104 Å². The molecule has 8 N–H and O–H groups in total. The topological polar surface area (TPSA) is 305 Å². The van der Waals surface area contributed by atoms with E-state index in [2.05, 4.69) is 137 Å². The van der Waals surface area contributed by atoms with Crippen molar-refractivity contribution in [1.82, 2.24) is 24.4 Å². The molecular weight excluding hydrogens is 1130 g/mol. The quantitative estimate of drug-likeness (QED) is 0.0375. The zero-order valence-corrected chi connectivity index (χ0v) is 55.6. The summed E-state index contributed by atoms with van der Waals surface area (Å²) in [6.07, 6.45) is 2.99. The first kappa shape index (κ1) is 76.8. The maximum absolute atomic E-state index is 13.3. The van der Waals surface area contributed by atoms with Gasteiger partial charge in [0.1, 0.15) is 18.9 Å². The van der Waals surface area contributed by atoms with Crippen LogP contribution in [0.3, 0.4) is 0 Å². The van der Waals surface area contributed by atoms with E-state index in [9.17, 15) is 33.9 Å². The van der Waals surface area contributed by atoms with Crippen molar-refractivity contribution in [1.29, 1.82) is 4.21 Å². The second kappa shape index (κ2) is 38.1. The summed E-state index contributed by atoms with van der Waals surface area (Å²) in [5.74, 6) is 6.14. The summed E-state index contributed by atoms with van der Waals surface area (Å²) < 4.78 is 34.6. The van der Waals surface area contributed by atoms with Gasteiger partial charge in [0.05, 0.1) is 12.7 Å². The van der Waals surface area contributed by atoms with Crippen LogP contribution in [0.5, 0.6) is 0 Å². The number of hydrogen-bond donors (Lipinski definition) is 7. The average Bonchev–Trinajstić information content (AvgIpc) is 4.08. The van der Waals surface area contributed by atoms with E-state index in [1.807, 2.05) is 17.2 Å². The summed E-state index contributed by atoms with van der Waals surface area (Å²) in [7, 11) is 0. The number of carboxylic acids is 1. The Kier molecular flexibility index (Phi) is 35.6. The van der Waals surface area contributed by atoms with Crippen molar-refractivity contribution in [2.45, 2.75) is 213 Å². The molecule has 2 fully saturated rings. The van der Waals surface area contributed by atoms with Crippen molar-refractivity contribution in [2.24, 2.45) is 86.6 Å². The van der Waals surface area contributed by atoms with Crippen molar-refractivity contribution in [3.63, 3.8) is 0 Å². The molecule has 2 aromatic rings. The number of carboxylic acid groups (broad SMARTS) is 1. The van der Waals surface area contributed by atoms with Crippen LogP contribution in [0, 0.1) is 95.0 Å². The monoisotopic (exact) mass is 1240 g/mol. The zero-order valence-electron chi connectivity index (χ0n) is 52.8. The minimum absolute atomic E-state index is 0. The molecule has 19 atom stereocenters. The number of nitrogens with one attached hydrogen (secondary N) is 4. The number of aromatic nitrogens is 4. The van der Waals surface area contributed by atoms with E-state index in [0.29, 0.717) is 82.8 Å². The van der Waals surface area contributed by atoms with E-state index in [-0.39, 0.29) is 39.6 Å². The van der Waals surface area contributed by atoms with Crippen molar-refractivity contribution in [3.8, 4) is 0 Å². The summed E-state index contributed by atoms with van der Waals surface area (Å²) in [4.78, 5) is 80.9. The van der Waals surface area contributed by atoms with Crippen LogP contribution in [0.2, 0.25) is 0 Å². The number of amides is 1. The molecule has 2 aromatic heterocycles. The van der Waals surface area contributed by atoms with Crippen molar-refractivity contribution in [3.05, 3.63) is 65.2 Å². The van der Waals surface area contributed by atoms with Gasteiger partial charge in [0.2, 0.25) is 0 Å². The van der Waals surface area contributed by atoms with Crippen molar-refractivity contribution < 1.29 is 79.5 Å². The number of aryl methyl sites for hydroxylation is 2. The number of aliphatic hydroxyl groups is 1. The fourth-order valence-electron chi connectivity index (χ4n) is 11.0. The molecule has 0 spiro atoms. The normalized spacial score (nSPS) is 23.9. The first-order valence-corrected chi connectivity index (χ1v) is 31.0. The summed E-state index contributed by atoms with van der Waals surface area (Å²) in [5, 5.41) is 21.2. The number of H-pyrrole nitrogens is 2. The molecule has 2 saturated heterocycles. The Morgan fingerprint density at radius 3 is 1.46 bits per heavy atom. The van der Waals surface area contributed by atoms with Gasteiger partial charge in [0, 0.05) is 25.6 Å². The third kappa shape index (κ3) is 22.9. The molecule has 0 saturated carbocycles. The van der Waals surface area contributed by atoms with Gasteiger partial charge in [-0.05, 0) is 60.2 Å². The van der Waals surface area contributed by atoms with Gasteiger partial charge in [-0.3, -0.25) is 14.3 Å². The third-order valence-corrected chi connectivity index (χ3v) is 19.3. The number of aliphatic carboxylic acids is 1. The van der Waals surface area contributed by atoms with Crippen LogP contribution in [-0.2, 0) is 67.8 Å². The van der Waals surface area contributed by atoms with Gasteiger partial charge in [-0.2, -0.15) is 0 Å². The molecule has 82 heavy (non-hydrogen) atoms. The van der Waals surface area contributed by atoms with E-state index in [1.165, 1.54) is 27.9 Å². The summed E-state index contributed by atoms with van der Waals surface area (Å²) in [5.41, 5.74) is 5.21. The van der Waals surface area contributed by atoms with Gasteiger partial charge in [-0.15, -0.1) is 0 Å². The molecule has 19 unspecified atom stereocenters. The molecule has 1 amide bonds. The molecule has 0 aliphatic carbocycles. The molecule has 4 rings (SSSR count). The van der Waals surface area contributed by atoms with Gasteiger partial charge in [0.15, 0.2) is 0 Å². The van der Waals surface area contributed by atoms with E-state index in [1.54, 1.807) is 31.1 Å². The number of nitrogens with zero attached hydrogens (tertiary/aromatic N) is 3. The van der Waals surface area contributed by atoms with Crippen LogP contribution in [0.15, 0.2) is 35.5 Å². The molecule has 0 aromatic carbocycles. The number of aromatic amines is 2. The predicted octanol–water partition coefficient (Wildman–Crippen LogP) is 8.63. The predicted molar refractivity (Wildman–Crippen MR) is 312 cm³/mol. The average molecular weight is 1240 g/mol. The Balaban J connectivity index is 0.00000131. The Bertz CT molecular complexity index is 2440. The van der Waals surface area contributed by atoms with Crippen LogP contribution >= 0.6 is 0 Å². The number of carbonyl (C=O) groups is 2. The molecule has 2 aliphatic heterocycles. The molecule has 0 bridgehead atoms. The van der Waals surface area contributed by atoms with Gasteiger partial charge >= 0.3 is 215 Å². The number of carbonyl (C=O) groups excluding carboxylic acids is 1. The van der Waals surface area contributed by atoms with Crippen molar-refractivity contribution in [2.75, 3.05) is 26.4 Å². The molecule has 472 valence electrons. The standard InChI is InChI=1S/C29H50N4O6.C18H39N.C12H16N2O7.HN.2V.H2/c1-10-16(3)19(6)21(8)27(22(9)20(7)17(4)11-2)31-25(34)15-37-23-12-26(39-24(23)14-38-30)33-13-18(5)28(35)32-29(33)36;1-10-12(4)14(6)15(7)17(9)18(19)16(8)13(5)11(2)3;1-6-3-14(12(19)13-11(6)18)9-2-7(8(4-15)21-9)20-5-10(16)17;;;;/h13,16-17,19-24,26-27H,10-12,14-15H2,1-9H3,(H,31,34)(H,32,35,36);11-18H,10,19H2,1-9H3;3,7-9,15H,2,4-5H2,1H3,(H,16,17)(H,13,18,19);1H;;;1H/i;;;;;;1+2.